The third-order valence-electron chi connectivity index (χ3n) is 6.40. The van der Waals surface area contributed by atoms with Gasteiger partial charge in [-0.15, -0.1) is 11.8 Å². The summed E-state index contributed by atoms with van der Waals surface area (Å²) in [7, 11) is -3.61. The maximum Gasteiger partial charge on any atom is 0.255 e. The first-order chi connectivity index (χ1) is 13.0. The van der Waals surface area contributed by atoms with Crippen LogP contribution >= 0.6 is 11.8 Å². The lowest BCUT2D eigenvalue weighted by atomic mass is 9.96. The molecule has 1 saturated heterocycles. The number of benzene rings is 1. The molecule has 0 radical (unpaired) electrons. The van der Waals surface area contributed by atoms with Gasteiger partial charge < -0.3 is 4.90 Å². The summed E-state index contributed by atoms with van der Waals surface area (Å²) in [6.45, 7) is 1.51. The third kappa shape index (κ3) is 3.91. The second-order valence-corrected chi connectivity index (χ2v) is 10.7. The highest BCUT2D eigenvalue weighted by Gasteiger charge is 2.41. The van der Waals surface area contributed by atoms with Crippen molar-refractivity contribution in [2.45, 2.75) is 60.8 Å². The van der Waals surface area contributed by atoms with Crippen LogP contribution in [0.4, 0.5) is 0 Å². The number of likely N-dealkylation sites (tertiary alicyclic amines) is 1. The number of carbonyl (C=O) groups is 1. The third-order valence-corrected chi connectivity index (χ3v) is 8.68. The van der Waals surface area contributed by atoms with Gasteiger partial charge in [0.05, 0.1) is 10.5 Å². The average molecular weight is 409 g/mol. The standard InChI is InChI=1S/C20H28N2O3S2/c1-26-19-8-7-16(13-17(19)20(23)22-9-3-2-4-10-22)27(24,25)21-18-12-14-5-6-15(18)11-14/h7-8,13-15,18,21H,2-6,9-12H2,1H3/t14-,15-,18+/m0/s1. The predicted molar refractivity (Wildman–Crippen MR) is 108 cm³/mol. The Bertz CT molecular complexity index is 819. The number of nitrogens with one attached hydrogen (secondary N) is 1. The molecule has 3 aliphatic rings. The van der Waals surface area contributed by atoms with Gasteiger partial charge in [-0.2, -0.15) is 0 Å². The van der Waals surface area contributed by atoms with E-state index in [0.29, 0.717) is 17.4 Å². The van der Waals surface area contributed by atoms with Crippen LogP contribution in [0.25, 0.3) is 0 Å². The van der Waals surface area contributed by atoms with Gasteiger partial charge in [0.1, 0.15) is 0 Å². The largest absolute Gasteiger partial charge is 0.339 e. The number of amides is 1. The van der Waals surface area contributed by atoms with E-state index in [0.717, 1.165) is 56.5 Å². The number of carbonyl (C=O) groups excluding carboxylic acids is 1. The van der Waals surface area contributed by atoms with Gasteiger partial charge in [0, 0.05) is 24.0 Å². The first-order valence-electron chi connectivity index (χ1n) is 9.97. The lowest BCUT2D eigenvalue weighted by Gasteiger charge is -2.27. The van der Waals surface area contributed by atoms with E-state index >= 15 is 0 Å². The Morgan fingerprint density at radius 1 is 1.15 bits per heavy atom. The lowest BCUT2D eigenvalue weighted by Crippen LogP contribution is -2.39. The van der Waals surface area contributed by atoms with Crippen LogP contribution in [0.1, 0.15) is 55.3 Å². The molecular formula is C20H28N2O3S2. The fraction of sp³-hybridized carbons (Fsp3) is 0.650. The van der Waals surface area contributed by atoms with Crippen molar-refractivity contribution in [1.29, 1.82) is 0 Å². The van der Waals surface area contributed by atoms with Crippen LogP contribution in [0.5, 0.6) is 0 Å². The van der Waals surface area contributed by atoms with Crippen LogP contribution in [0.15, 0.2) is 28.0 Å². The van der Waals surface area contributed by atoms with Gasteiger partial charge in [-0.25, -0.2) is 13.1 Å². The van der Waals surface area contributed by atoms with Crippen LogP contribution in [0.3, 0.4) is 0 Å². The van der Waals surface area contributed by atoms with Crippen molar-refractivity contribution in [3.63, 3.8) is 0 Å². The molecule has 1 aromatic rings. The molecule has 0 spiro atoms. The minimum absolute atomic E-state index is 0.0453. The van der Waals surface area contributed by atoms with E-state index in [1.165, 1.54) is 18.2 Å². The number of sulfonamides is 1. The molecular weight excluding hydrogens is 380 g/mol. The van der Waals surface area contributed by atoms with Crippen LogP contribution in [-0.2, 0) is 10.0 Å². The Kier molecular flexibility index (Phi) is 5.54. The van der Waals surface area contributed by atoms with Crippen molar-refractivity contribution < 1.29 is 13.2 Å². The molecule has 3 fully saturated rings. The van der Waals surface area contributed by atoms with Crippen molar-refractivity contribution in [2.75, 3.05) is 19.3 Å². The number of rotatable bonds is 5. The van der Waals surface area contributed by atoms with E-state index in [2.05, 4.69) is 4.72 Å². The van der Waals surface area contributed by atoms with E-state index in [-0.39, 0.29) is 16.8 Å². The Morgan fingerprint density at radius 3 is 2.56 bits per heavy atom. The monoisotopic (exact) mass is 408 g/mol. The Labute approximate surface area is 166 Å². The van der Waals surface area contributed by atoms with E-state index in [1.54, 1.807) is 18.2 Å². The number of piperidine rings is 1. The van der Waals surface area contributed by atoms with Gasteiger partial charge in [0.2, 0.25) is 10.0 Å². The summed E-state index contributed by atoms with van der Waals surface area (Å²) in [5.41, 5.74) is 0.514. The lowest BCUT2D eigenvalue weighted by molar-refractivity contribution is 0.0720. The molecule has 2 bridgehead atoms. The molecule has 148 valence electrons. The van der Waals surface area contributed by atoms with Crippen molar-refractivity contribution in [1.82, 2.24) is 9.62 Å². The number of hydrogen-bond donors (Lipinski definition) is 1. The summed E-state index contributed by atoms with van der Waals surface area (Å²) in [6.07, 6.45) is 9.57. The molecule has 0 unspecified atom stereocenters. The summed E-state index contributed by atoms with van der Waals surface area (Å²) in [5, 5.41) is 0. The maximum atomic E-state index is 13.0. The molecule has 1 aromatic carbocycles. The number of nitrogens with zero attached hydrogens (tertiary/aromatic N) is 1. The average Bonchev–Trinajstić information content (AvgIpc) is 3.30. The molecule has 3 atom stereocenters. The zero-order valence-electron chi connectivity index (χ0n) is 15.8. The SMILES string of the molecule is CSc1ccc(S(=O)(=O)N[C@@H]2C[C@H]3CC[C@H]2C3)cc1C(=O)N1CCCCC1. The van der Waals surface area contributed by atoms with Gasteiger partial charge in [-0.05, 0) is 74.8 Å². The zero-order chi connectivity index (χ0) is 19.0. The van der Waals surface area contributed by atoms with Crippen LogP contribution in [-0.4, -0.2) is 44.6 Å². The molecule has 0 aromatic heterocycles. The fourth-order valence-electron chi connectivity index (χ4n) is 4.95. The summed E-state index contributed by atoms with van der Waals surface area (Å²) in [5.74, 6) is 1.11. The van der Waals surface area contributed by atoms with Crippen molar-refractivity contribution >= 4 is 27.7 Å². The molecule has 27 heavy (non-hydrogen) atoms. The summed E-state index contributed by atoms with van der Waals surface area (Å²) < 4.78 is 28.9. The van der Waals surface area contributed by atoms with Crippen LogP contribution in [0, 0.1) is 11.8 Å². The quantitative estimate of drug-likeness (QED) is 0.757. The predicted octanol–water partition coefficient (Wildman–Crippen LogP) is 3.50. The highest BCUT2D eigenvalue weighted by atomic mass is 32.2. The van der Waals surface area contributed by atoms with Crippen molar-refractivity contribution in [3.05, 3.63) is 23.8 Å². The Hall–Kier alpha value is -1.05. The smallest absolute Gasteiger partial charge is 0.255 e. The summed E-state index contributed by atoms with van der Waals surface area (Å²) in [4.78, 5) is 15.9. The molecule has 1 amide bonds. The molecule has 7 heteroatoms. The summed E-state index contributed by atoms with van der Waals surface area (Å²) >= 11 is 1.49. The second-order valence-electron chi connectivity index (χ2n) is 8.12. The molecule has 2 aliphatic carbocycles. The van der Waals surface area contributed by atoms with Crippen LogP contribution < -0.4 is 4.72 Å². The summed E-state index contributed by atoms with van der Waals surface area (Å²) in [6, 6.07) is 5.04. The molecule has 2 saturated carbocycles. The molecule has 1 N–H and O–H groups in total. The molecule has 1 aliphatic heterocycles. The fourth-order valence-corrected chi connectivity index (χ4v) is 6.86. The minimum Gasteiger partial charge on any atom is -0.339 e. The van der Waals surface area contributed by atoms with E-state index < -0.39 is 10.0 Å². The van der Waals surface area contributed by atoms with E-state index in [1.807, 2.05) is 11.2 Å². The number of thioether (sulfide) groups is 1. The second kappa shape index (κ2) is 7.76. The first kappa shape index (κ1) is 19.3. The molecule has 4 rings (SSSR count). The number of fused-ring (bicyclic) bond motifs is 2. The van der Waals surface area contributed by atoms with Gasteiger partial charge in [-0.1, -0.05) is 6.42 Å². The molecule has 5 nitrogen and oxygen atoms in total. The topological polar surface area (TPSA) is 66.5 Å². The number of hydrogen-bond acceptors (Lipinski definition) is 4. The zero-order valence-corrected chi connectivity index (χ0v) is 17.4. The highest BCUT2D eigenvalue weighted by molar-refractivity contribution is 7.98. The van der Waals surface area contributed by atoms with Crippen LogP contribution in [0.2, 0.25) is 0 Å². The van der Waals surface area contributed by atoms with Gasteiger partial charge >= 0.3 is 0 Å². The minimum atomic E-state index is -3.61. The van der Waals surface area contributed by atoms with Gasteiger partial charge in [0.15, 0.2) is 0 Å². The first-order valence-corrected chi connectivity index (χ1v) is 12.7. The van der Waals surface area contributed by atoms with Gasteiger partial charge in [0.25, 0.3) is 5.91 Å². The van der Waals surface area contributed by atoms with E-state index in [4.69, 9.17) is 0 Å². The van der Waals surface area contributed by atoms with Crippen molar-refractivity contribution in [3.8, 4) is 0 Å². The Balaban J connectivity index is 1.58. The van der Waals surface area contributed by atoms with Gasteiger partial charge in [-0.3, -0.25) is 4.79 Å². The van der Waals surface area contributed by atoms with E-state index in [9.17, 15) is 13.2 Å². The van der Waals surface area contributed by atoms with Crippen molar-refractivity contribution in [2.24, 2.45) is 11.8 Å². The Morgan fingerprint density at radius 2 is 1.93 bits per heavy atom. The molecule has 1 heterocycles. The maximum absolute atomic E-state index is 13.0. The highest BCUT2D eigenvalue weighted by Crippen LogP contribution is 2.44. The normalized spacial score (nSPS) is 27.9.